The van der Waals surface area contributed by atoms with Gasteiger partial charge < -0.3 is 4.74 Å². The summed E-state index contributed by atoms with van der Waals surface area (Å²) < 4.78 is 5.80. The molecular weight excluding hydrogens is 386 g/mol. The Kier molecular flexibility index (Phi) is 9.17. The van der Waals surface area contributed by atoms with Gasteiger partial charge in [-0.1, -0.05) is 88.1 Å². The summed E-state index contributed by atoms with van der Waals surface area (Å²) in [6.07, 6.45) is 14.9. The average Bonchev–Trinajstić information content (AvgIpc) is 3.26. The fourth-order valence-electron chi connectivity index (χ4n) is 3.31. The topological polar surface area (TPSA) is 22.1 Å². The van der Waals surface area contributed by atoms with E-state index >= 15 is 0 Å². The van der Waals surface area contributed by atoms with Gasteiger partial charge in [0.2, 0.25) is 0 Å². The first kappa shape index (κ1) is 22.3. The fraction of sp³-hybridized carbons (Fsp3) is 0.370. The lowest BCUT2D eigenvalue weighted by Gasteiger charge is -2.06. The van der Waals surface area contributed by atoms with Crippen LogP contribution in [-0.2, 0) is 6.42 Å². The Morgan fingerprint density at radius 2 is 1.47 bits per heavy atom. The van der Waals surface area contributed by atoms with E-state index in [1.165, 1.54) is 53.7 Å². The number of rotatable bonds is 12. The Morgan fingerprint density at radius 3 is 2.17 bits per heavy atom. The van der Waals surface area contributed by atoms with Crippen LogP contribution in [0, 0.1) is 0 Å². The summed E-state index contributed by atoms with van der Waals surface area (Å²) in [6.45, 7) is 5.09. The van der Waals surface area contributed by atoms with Crippen molar-refractivity contribution in [2.24, 2.45) is 0 Å². The van der Waals surface area contributed by atoms with Gasteiger partial charge in [-0.2, -0.15) is 0 Å². The van der Waals surface area contributed by atoms with Crippen molar-refractivity contribution in [3.63, 3.8) is 0 Å². The fourth-order valence-corrected chi connectivity index (χ4v) is 4.27. The summed E-state index contributed by atoms with van der Waals surface area (Å²) in [4.78, 5) is 6.01. The number of unbranched alkanes of at least 4 members (excludes halogenated alkanes) is 4. The van der Waals surface area contributed by atoms with Gasteiger partial charge in [0.15, 0.2) is 0 Å². The van der Waals surface area contributed by atoms with E-state index in [0.717, 1.165) is 23.6 Å². The van der Waals surface area contributed by atoms with E-state index in [1.807, 2.05) is 29.7 Å². The lowest BCUT2D eigenvalue weighted by atomic mass is 10.0. The quantitative estimate of drug-likeness (QED) is 0.217. The maximum atomic E-state index is 5.80. The molecule has 0 radical (unpaired) electrons. The standard InChI is InChI=1S/C27H33NOS/c1-3-5-7-8-10-20-29-25-18-16-23(17-19-25)22-12-14-24(15-13-22)27-28-21-26(30-27)11-9-6-4-2/h8,10,12-19,21H,3-7,9,11,20H2,1-2H3. The Labute approximate surface area is 185 Å². The van der Waals surface area contributed by atoms with Gasteiger partial charge in [-0.05, 0) is 42.5 Å². The molecule has 1 aromatic heterocycles. The van der Waals surface area contributed by atoms with Gasteiger partial charge >= 0.3 is 0 Å². The van der Waals surface area contributed by atoms with Crippen molar-refractivity contribution in [1.29, 1.82) is 0 Å². The van der Waals surface area contributed by atoms with E-state index in [-0.39, 0.29) is 0 Å². The van der Waals surface area contributed by atoms with Crippen molar-refractivity contribution in [3.05, 3.63) is 71.8 Å². The molecule has 0 aliphatic heterocycles. The van der Waals surface area contributed by atoms with E-state index in [9.17, 15) is 0 Å². The van der Waals surface area contributed by atoms with E-state index in [4.69, 9.17) is 4.74 Å². The number of thiazole rings is 1. The molecule has 0 saturated carbocycles. The van der Waals surface area contributed by atoms with Gasteiger partial charge in [-0.25, -0.2) is 4.98 Å². The maximum absolute atomic E-state index is 5.80. The Hall–Kier alpha value is -2.39. The third-order valence-corrected chi connectivity index (χ3v) is 6.24. The van der Waals surface area contributed by atoms with Gasteiger partial charge in [0.1, 0.15) is 17.4 Å². The third kappa shape index (κ3) is 6.84. The molecular formula is C27H33NOS. The van der Waals surface area contributed by atoms with Crippen LogP contribution in [0.3, 0.4) is 0 Å². The van der Waals surface area contributed by atoms with Crippen molar-refractivity contribution in [1.82, 2.24) is 4.98 Å². The largest absolute Gasteiger partial charge is 0.490 e. The van der Waals surface area contributed by atoms with Crippen molar-refractivity contribution >= 4 is 11.3 Å². The molecule has 0 saturated heterocycles. The van der Waals surface area contributed by atoms with Crippen molar-refractivity contribution in [2.75, 3.05) is 6.61 Å². The number of hydrogen-bond acceptors (Lipinski definition) is 3. The molecule has 0 N–H and O–H groups in total. The first-order valence-corrected chi connectivity index (χ1v) is 12.0. The molecule has 3 heteroatoms. The monoisotopic (exact) mass is 419 g/mol. The highest BCUT2D eigenvalue weighted by Gasteiger charge is 2.06. The molecule has 1 heterocycles. The van der Waals surface area contributed by atoms with Crippen LogP contribution in [0.2, 0.25) is 0 Å². The molecule has 30 heavy (non-hydrogen) atoms. The number of hydrogen-bond donors (Lipinski definition) is 0. The molecule has 0 amide bonds. The summed E-state index contributed by atoms with van der Waals surface area (Å²) in [7, 11) is 0. The SMILES string of the molecule is CCCCC=CCOc1ccc(-c2ccc(-c3ncc(CCCCC)s3)cc2)cc1. The molecule has 0 aliphatic carbocycles. The number of nitrogens with zero attached hydrogens (tertiary/aromatic N) is 1. The van der Waals surface area contributed by atoms with Crippen LogP contribution in [0.25, 0.3) is 21.7 Å². The second-order valence-electron chi connectivity index (χ2n) is 7.62. The predicted octanol–water partition coefficient (Wildman–Crippen LogP) is 8.34. The molecule has 0 atom stereocenters. The third-order valence-electron chi connectivity index (χ3n) is 5.14. The van der Waals surface area contributed by atoms with Gasteiger partial charge in [0.25, 0.3) is 0 Å². The van der Waals surface area contributed by atoms with E-state index in [2.05, 4.69) is 67.4 Å². The minimum absolute atomic E-state index is 0.631. The van der Waals surface area contributed by atoms with Crippen LogP contribution in [0.1, 0.15) is 57.2 Å². The lowest BCUT2D eigenvalue weighted by Crippen LogP contribution is -1.93. The van der Waals surface area contributed by atoms with E-state index in [0.29, 0.717) is 6.61 Å². The maximum Gasteiger partial charge on any atom is 0.123 e. The molecule has 3 rings (SSSR count). The Balaban J connectivity index is 1.55. The predicted molar refractivity (Wildman–Crippen MR) is 130 cm³/mol. The van der Waals surface area contributed by atoms with E-state index < -0.39 is 0 Å². The van der Waals surface area contributed by atoms with Crippen molar-refractivity contribution in [2.45, 2.75) is 58.8 Å². The number of ether oxygens (including phenoxy) is 1. The van der Waals surface area contributed by atoms with Gasteiger partial charge in [0.05, 0.1) is 0 Å². The Bertz CT molecular complexity index is 893. The normalized spacial score (nSPS) is 11.3. The molecule has 2 nitrogen and oxygen atoms in total. The zero-order chi connectivity index (χ0) is 21.0. The molecule has 0 aliphatic rings. The van der Waals surface area contributed by atoms with Crippen molar-refractivity contribution in [3.8, 4) is 27.4 Å². The van der Waals surface area contributed by atoms with Crippen LogP contribution in [0.5, 0.6) is 5.75 Å². The smallest absolute Gasteiger partial charge is 0.123 e. The Morgan fingerprint density at radius 1 is 0.800 bits per heavy atom. The minimum atomic E-state index is 0.631. The summed E-state index contributed by atoms with van der Waals surface area (Å²) in [5.74, 6) is 0.911. The highest BCUT2D eigenvalue weighted by molar-refractivity contribution is 7.15. The summed E-state index contributed by atoms with van der Waals surface area (Å²) >= 11 is 1.82. The van der Waals surface area contributed by atoms with Gasteiger partial charge in [0, 0.05) is 16.6 Å². The van der Waals surface area contributed by atoms with E-state index in [1.54, 1.807) is 0 Å². The van der Waals surface area contributed by atoms with Crippen LogP contribution < -0.4 is 4.74 Å². The summed E-state index contributed by atoms with van der Waals surface area (Å²) in [5.41, 5.74) is 3.61. The number of aromatic nitrogens is 1. The average molecular weight is 420 g/mol. The number of aryl methyl sites for hydroxylation is 1. The summed E-state index contributed by atoms with van der Waals surface area (Å²) in [6, 6.07) is 17.1. The molecule has 0 spiro atoms. The van der Waals surface area contributed by atoms with Gasteiger partial charge in [-0.3, -0.25) is 0 Å². The first-order chi connectivity index (χ1) is 14.8. The van der Waals surface area contributed by atoms with Crippen LogP contribution in [-0.4, -0.2) is 11.6 Å². The molecule has 0 bridgehead atoms. The molecule has 0 fully saturated rings. The van der Waals surface area contributed by atoms with Crippen LogP contribution in [0.15, 0.2) is 66.9 Å². The molecule has 3 aromatic rings. The zero-order valence-electron chi connectivity index (χ0n) is 18.3. The van der Waals surface area contributed by atoms with Crippen molar-refractivity contribution < 1.29 is 4.74 Å². The highest BCUT2D eigenvalue weighted by Crippen LogP contribution is 2.29. The second kappa shape index (κ2) is 12.3. The minimum Gasteiger partial charge on any atom is -0.490 e. The first-order valence-electron chi connectivity index (χ1n) is 11.2. The second-order valence-corrected chi connectivity index (χ2v) is 8.73. The molecule has 2 aromatic carbocycles. The lowest BCUT2D eigenvalue weighted by molar-refractivity contribution is 0.362. The van der Waals surface area contributed by atoms with Crippen LogP contribution >= 0.6 is 11.3 Å². The molecule has 0 unspecified atom stereocenters. The number of benzene rings is 2. The number of allylic oxidation sites excluding steroid dienone is 1. The van der Waals surface area contributed by atoms with Gasteiger partial charge in [-0.15, -0.1) is 11.3 Å². The zero-order valence-corrected chi connectivity index (χ0v) is 19.1. The summed E-state index contributed by atoms with van der Waals surface area (Å²) in [5, 5.41) is 1.11. The van der Waals surface area contributed by atoms with Crippen LogP contribution in [0.4, 0.5) is 0 Å². The molecule has 158 valence electrons. The highest BCUT2D eigenvalue weighted by atomic mass is 32.1.